The highest BCUT2D eigenvalue weighted by atomic mass is 19.1. The lowest BCUT2D eigenvalue weighted by molar-refractivity contribution is 0.00547. The Morgan fingerprint density at radius 1 is 1.17 bits per heavy atom. The first-order chi connectivity index (χ1) is 11.2. The number of carbonyl (C=O) groups excluding carboxylic acids is 1. The Kier molecular flexibility index (Phi) is 5.14. The highest BCUT2D eigenvalue weighted by Crippen LogP contribution is 2.30. The number of benzene rings is 1. The summed E-state index contributed by atoms with van der Waals surface area (Å²) in [5.41, 5.74) is -1.24. The molecule has 0 spiro atoms. The topological polar surface area (TPSA) is 56.6 Å². The van der Waals surface area contributed by atoms with E-state index in [1.54, 1.807) is 30.0 Å². The summed E-state index contributed by atoms with van der Waals surface area (Å²) in [6, 6.07) is 8.57. The van der Waals surface area contributed by atoms with Crippen molar-refractivity contribution in [2.45, 2.75) is 38.8 Å². The van der Waals surface area contributed by atoms with E-state index in [2.05, 4.69) is 6.07 Å². The van der Waals surface area contributed by atoms with Crippen LogP contribution < -0.4 is 0 Å². The van der Waals surface area contributed by atoms with E-state index < -0.39 is 17.0 Å². The molecule has 1 saturated heterocycles. The molecule has 1 amide bonds. The van der Waals surface area contributed by atoms with E-state index in [0.717, 1.165) is 0 Å². The first-order valence-corrected chi connectivity index (χ1v) is 8.06. The van der Waals surface area contributed by atoms with Crippen LogP contribution in [0.3, 0.4) is 0 Å². The number of ether oxygens (including phenoxy) is 1. The van der Waals surface area contributed by atoms with E-state index in [4.69, 9.17) is 4.74 Å². The fraction of sp³-hybridized carbons (Fsp3) is 0.556. The maximum absolute atomic E-state index is 14.2. The molecule has 24 heavy (non-hydrogen) atoms. The number of nitriles is 1. The van der Waals surface area contributed by atoms with Gasteiger partial charge in [-0.25, -0.2) is 9.18 Å². The first kappa shape index (κ1) is 18.2. The summed E-state index contributed by atoms with van der Waals surface area (Å²) in [5.74, 6) is -0.392. The van der Waals surface area contributed by atoms with Gasteiger partial charge in [0.2, 0.25) is 0 Å². The predicted molar refractivity (Wildman–Crippen MR) is 88.7 cm³/mol. The Labute approximate surface area is 142 Å². The Morgan fingerprint density at radius 3 is 2.25 bits per heavy atom. The monoisotopic (exact) mass is 333 g/mol. The van der Waals surface area contributed by atoms with E-state index >= 15 is 0 Å². The number of piperazine rings is 1. The van der Waals surface area contributed by atoms with Crippen LogP contribution in [-0.2, 0) is 10.3 Å². The zero-order chi connectivity index (χ0) is 18.0. The summed E-state index contributed by atoms with van der Waals surface area (Å²) in [7, 11) is 0. The molecule has 1 atom stereocenters. The van der Waals surface area contributed by atoms with Crippen molar-refractivity contribution in [3.63, 3.8) is 0 Å². The maximum Gasteiger partial charge on any atom is 0.410 e. The zero-order valence-electron chi connectivity index (χ0n) is 14.7. The number of hydrogen-bond acceptors (Lipinski definition) is 4. The number of carbonyl (C=O) groups is 1. The van der Waals surface area contributed by atoms with E-state index in [1.807, 2.05) is 25.7 Å². The number of hydrogen-bond donors (Lipinski definition) is 0. The van der Waals surface area contributed by atoms with E-state index in [0.29, 0.717) is 31.7 Å². The van der Waals surface area contributed by atoms with Crippen molar-refractivity contribution in [1.29, 1.82) is 5.26 Å². The summed E-state index contributed by atoms with van der Waals surface area (Å²) in [6.45, 7) is 9.05. The minimum Gasteiger partial charge on any atom is -0.444 e. The highest BCUT2D eigenvalue weighted by molar-refractivity contribution is 5.68. The van der Waals surface area contributed by atoms with Gasteiger partial charge in [-0.3, -0.25) is 4.90 Å². The van der Waals surface area contributed by atoms with Gasteiger partial charge in [0.05, 0.1) is 6.07 Å². The third-order valence-electron chi connectivity index (χ3n) is 4.18. The number of rotatable bonds is 2. The van der Waals surface area contributed by atoms with Crippen LogP contribution in [0, 0.1) is 17.1 Å². The fourth-order valence-electron chi connectivity index (χ4n) is 2.82. The molecule has 0 radical (unpaired) electrons. The third kappa shape index (κ3) is 3.85. The van der Waals surface area contributed by atoms with Gasteiger partial charge in [0.15, 0.2) is 0 Å². The molecule has 130 valence electrons. The minimum atomic E-state index is -1.06. The van der Waals surface area contributed by atoms with E-state index in [-0.39, 0.29) is 6.09 Å². The first-order valence-electron chi connectivity index (χ1n) is 8.06. The Balaban J connectivity index is 2.09. The number of halogens is 1. The van der Waals surface area contributed by atoms with Gasteiger partial charge in [-0.15, -0.1) is 0 Å². The molecule has 1 aliphatic rings. The lowest BCUT2D eigenvalue weighted by atomic mass is 9.90. The molecule has 0 N–H and O–H groups in total. The maximum atomic E-state index is 14.2. The van der Waals surface area contributed by atoms with Crippen LogP contribution in [0.15, 0.2) is 24.3 Å². The zero-order valence-corrected chi connectivity index (χ0v) is 14.7. The van der Waals surface area contributed by atoms with Crippen molar-refractivity contribution in [2.75, 3.05) is 26.2 Å². The lowest BCUT2D eigenvalue weighted by Crippen LogP contribution is -2.55. The van der Waals surface area contributed by atoms with Gasteiger partial charge in [0, 0.05) is 31.7 Å². The molecule has 0 saturated carbocycles. The van der Waals surface area contributed by atoms with Gasteiger partial charge in [-0.1, -0.05) is 18.2 Å². The van der Waals surface area contributed by atoms with E-state index in [1.165, 1.54) is 6.07 Å². The molecule has 1 aromatic carbocycles. The second-order valence-corrected chi connectivity index (χ2v) is 7.12. The molecule has 0 bridgehead atoms. The van der Waals surface area contributed by atoms with Crippen molar-refractivity contribution in [1.82, 2.24) is 9.80 Å². The van der Waals surface area contributed by atoms with Crippen LogP contribution in [0.5, 0.6) is 0 Å². The molecule has 2 rings (SSSR count). The molecule has 1 aliphatic heterocycles. The summed E-state index contributed by atoms with van der Waals surface area (Å²) < 4.78 is 19.5. The molecule has 0 aromatic heterocycles. The van der Waals surface area contributed by atoms with E-state index in [9.17, 15) is 14.4 Å². The molecule has 5 nitrogen and oxygen atoms in total. The standard InChI is InChI=1S/C18H24FN3O2/c1-17(2,3)24-16(23)21-9-11-22(12-10-21)18(4,13-20)14-7-5-6-8-15(14)19/h5-8H,9-12H2,1-4H3. The Hall–Kier alpha value is -2.13. The van der Waals surface area contributed by atoms with Gasteiger partial charge < -0.3 is 9.64 Å². The second-order valence-electron chi connectivity index (χ2n) is 7.12. The minimum absolute atomic E-state index is 0.355. The van der Waals surface area contributed by atoms with Crippen LogP contribution in [0.4, 0.5) is 9.18 Å². The van der Waals surface area contributed by atoms with Crippen LogP contribution in [0.2, 0.25) is 0 Å². The normalized spacial score (nSPS) is 18.6. The van der Waals surface area contributed by atoms with Gasteiger partial charge in [0.1, 0.15) is 17.0 Å². The van der Waals surface area contributed by atoms with Gasteiger partial charge in [-0.05, 0) is 33.8 Å². The average Bonchev–Trinajstić information content (AvgIpc) is 2.53. The third-order valence-corrected chi connectivity index (χ3v) is 4.18. The summed E-state index contributed by atoms with van der Waals surface area (Å²) >= 11 is 0. The lowest BCUT2D eigenvalue weighted by Gasteiger charge is -2.42. The predicted octanol–water partition coefficient (Wildman–Crippen LogP) is 3.12. The SMILES string of the molecule is CC(C)(C)OC(=O)N1CCN(C(C)(C#N)c2ccccc2F)CC1. The molecule has 0 aliphatic carbocycles. The second kappa shape index (κ2) is 6.78. The highest BCUT2D eigenvalue weighted by Gasteiger charge is 2.39. The quantitative estimate of drug-likeness (QED) is 0.834. The van der Waals surface area contributed by atoms with Crippen molar-refractivity contribution in [2.24, 2.45) is 0 Å². The summed E-state index contributed by atoms with van der Waals surface area (Å²) in [4.78, 5) is 15.7. The fourth-order valence-corrected chi connectivity index (χ4v) is 2.82. The average molecular weight is 333 g/mol. The summed E-state index contributed by atoms with van der Waals surface area (Å²) in [6.07, 6.45) is -0.355. The molecular weight excluding hydrogens is 309 g/mol. The largest absolute Gasteiger partial charge is 0.444 e. The van der Waals surface area contributed by atoms with Gasteiger partial charge in [-0.2, -0.15) is 5.26 Å². The molecule has 1 fully saturated rings. The van der Waals surface area contributed by atoms with Crippen molar-refractivity contribution >= 4 is 6.09 Å². The van der Waals surface area contributed by atoms with Crippen molar-refractivity contribution < 1.29 is 13.9 Å². The Morgan fingerprint density at radius 2 is 1.75 bits per heavy atom. The van der Waals surface area contributed by atoms with Gasteiger partial charge in [0.25, 0.3) is 0 Å². The molecule has 1 unspecified atom stereocenters. The molecule has 6 heteroatoms. The van der Waals surface area contributed by atoms with Crippen molar-refractivity contribution in [3.8, 4) is 6.07 Å². The van der Waals surface area contributed by atoms with Crippen molar-refractivity contribution in [3.05, 3.63) is 35.6 Å². The van der Waals surface area contributed by atoms with Crippen LogP contribution >= 0.6 is 0 Å². The van der Waals surface area contributed by atoms with Crippen LogP contribution in [0.1, 0.15) is 33.3 Å². The molecule has 1 aromatic rings. The molecule has 1 heterocycles. The van der Waals surface area contributed by atoms with Gasteiger partial charge >= 0.3 is 6.09 Å². The van der Waals surface area contributed by atoms with Crippen LogP contribution in [0.25, 0.3) is 0 Å². The Bertz CT molecular complexity index is 642. The number of nitrogens with zero attached hydrogens (tertiary/aromatic N) is 3. The van der Waals surface area contributed by atoms with Crippen LogP contribution in [-0.4, -0.2) is 47.7 Å². The smallest absolute Gasteiger partial charge is 0.410 e. The summed E-state index contributed by atoms with van der Waals surface area (Å²) in [5, 5.41) is 9.68. The number of amides is 1. The molecular formula is C18H24FN3O2.